The minimum absolute atomic E-state index is 0.179. The van der Waals surface area contributed by atoms with E-state index in [2.05, 4.69) is 25.9 Å². The van der Waals surface area contributed by atoms with Crippen LogP contribution in [0.3, 0.4) is 0 Å². The van der Waals surface area contributed by atoms with Gasteiger partial charge in [0.15, 0.2) is 0 Å². The maximum Gasteiger partial charge on any atom is 0.256 e. The molecule has 0 saturated heterocycles. The number of nitrogens with one attached hydrogen (secondary N) is 3. The van der Waals surface area contributed by atoms with E-state index in [1.807, 2.05) is 62.4 Å². The summed E-state index contributed by atoms with van der Waals surface area (Å²) in [4.78, 5) is 29.2. The highest BCUT2D eigenvalue weighted by molar-refractivity contribution is 6.36. The van der Waals surface area contributed by atoms with E-state index in [0.29, 0.717) is 24.2 Å². The van der Waals surface area contributed by atoms with Crippen molar-refractivity contribution in [2.45, 2.75) is 20.4 Å². The van der Waals surface area contributed by atoms with Gasteiger partial charge in [-0.3, -0.25) is 14.3 Å². The Hall–Kier alpha value is -4.66. The number of aromatic amines is 1. The van der Waals surface area contributed by atoms with Crippen molar-refractivity contribution in [3.8, 4) is 16.9 Å². The zero-order chi connectivity index (χ0) is 25.2. The van der Waals surface area contributed by atoms with Crippen molar-refractivity contribution in [2.75, 3.05) is 19.0 Å². The maximum atomic E-state index is 13.0. The van der Waals surface area contributed by atoms with Crippen LogP contribution < -0.4 is 15.4 Å². The minimum Gasteiger partial charge on any atom is -0.497 e. The van der Waals surface area contributed by atoms with E-state index in [-0.39, 0.29) is 11.8 Å². The molecule has 0 radical (unpaired) electrons. The summed E-state index contributed by atoms with van der Waals surface area (Å²) in [6.45, 7) is 4.68. The Morgan fingerprint density at radius 3 is 2.69 bits per heavy atom. The fourth-order valence-electron chi connectivity index (χ4n) is 4.53. The van der Waals surface area contributed by atoms with Gasteiger partial charge >= 0.3 is 0 Å². The molecule has 9 nitrogen and oxygen atoms in total. The van der Waals surface area contributed by atoms with E-state index < -0.39 is 0 Å². The highest BCUT2D eigenvalue weighted by atomic mass is 16.5. The first-order chi connectivity index (χ1) is 17.5. The fraction of sp³-hybridized carbons (Fsp3) is 0.185. The molecule has 9 heteroatoms. The first kappa shape index (κ1) is 23.1. The maximum absolute atomic E-state index is 13.0. The monoisotopic (exact) mass is 482 g/mol. The summed E-state index contributed by atoms with van der Waals surface area (Å²) in [5.74, 6) is 0.401. The van der Waals surface area contributed by atoms with Crippen LogP contribution >= 0.6 is 0 Å². The normalized spacial score (nSPS) is 13.5. The van der Waals surface area contributed by atoms with Gasteiger partial charge in [0.1, 0.15) is 5.75 Å². The molecular weight excluding hydrogens is 456 g/mol. The predicted molar refractivity (Wildman–Crippen MR) is 138 cm³/mol. The summed E-state index contributed by atoms with van der Waals surface area (Å²) in [7, 11) is 1.63. The van der Waals surface area contributed by atoms with Gasteiger partial charge in [-0.2, -0.15) is 0 Å². The molecule has 2 aromatic carbocycles. The molecule has 1 aliphatic heterocycles. The molecule has 0 unspecified atom stereocenters. The van der Waals surface area contributed by atoms with Gasteiger partial charge in [-0.15, -0.1) is 5.10 Å². The number of benzene rings is 2. The van der Waals surface area contributed by atoms with Gasteiger partial charge in [0.05, 0.1) is 31.0 Å². The van der Waals surface area contributed by atoms with E-state index in [1.165, 1.54) is 0 Å². The quantitative estimate of drug-likeness (QED) is 0.347. The summed E-state index contributed by atoms with van der Waals surface area (Å²) >= 11 is 0. The Balaban J connectivity index is 1.46. The molecule has 0 atom stereocenters. The van der Waals surface area contributed by atoms with Gasteiger partial charge in [-0.1, -0.05) is 29.5 Å². The molecule has 0 bridgehead atoms. The average Bonchev–Trinajstić information content (AvgIpc) is 3.58. The molecular formula is C27H26N6O3. The Morgan fingerprint density at radius 2 is 1.97 bits per heavy atom. The van der Waals surface area contributed by atoms with Gasteiger partial charge < -0.3 is 20.4 Å². The number of aromatic nitrogens is 4. The number of amides is 2. The summed E-state index contributed by atoms with van der Waals surface area (Å²) in [5, 5.41) is 13.6. The van der Waals surface area contributed by atoms with Gasteiger partial charge in [0, 0.05) is 35.4 Å². The third-order valence-electron chi connectivity index (χ3n) is 6.32. The zero-order valence-electron chi connectivity index (χ0n) is 20.3. The standard InChI is InChI=1S/C27H26N6O3/c1-16-23(30-17(2)24(16)27(35)28-11-13-33-14-12-29-32-33)15-21-25-20(5-4-6-22(25)31-26(21)34)18-7-9-19(36-3)10-8-18/h4-10,12,14-15,30H,11,13H2,1-3H3,(H,28,35)(H,31,34)/b21-15-. The van der Waals surface area contributed by atoms with E-state index in [4.69, 9.17) is 4.74 Å². The van der Waals surface area contributed by atoms with Crippen LogP contribution in [0.2, 0.25) is 0 Å². The van der Waals surface area contributed by atoms with E-state index in [0.717, 1.165) is 45.1 Å². The van der Waals surface area contributed by atoms with Gasteiger partial charge in [-0.25, -0.2) is 0 Å². The number of carbonyl (C=O) groups is 2. The molecule has 182 valence electrons. The average molecular weight is 483 g/mol. The number of anilines is 1. The van der Waals surface area contributed by atoms with Crippen molar-refractivity contribution in [1.29, 1.82) is 0 Å². The number of hydrogen-bond donors (Lipinski definition) is 3. The number of methoxy groups -OCH3 is 1. The second kappa shape index (κ2) is 9.53. The molecule has 0 fully saturated rings. The number of fused-ring (bicyclic) bond motifs is 1. The van der Waals surface area contributed by atoms with E-state index >= 15 is 0 Å². The zero-order valence-corrected chi connectivity index (χ0v) is 20.3. The molecule has 36 heavy (non-hydrogen) atoms. The Bertz CT molecular complexity index is 1470. The first-order valence-corrected chi connectivity index (χ1v) is 11.6. The molecule has 0 aliphatic carbocycles. The topological polar surface area (TPSA) is 114 Å². The van der Waals surface area contributed by atoms with Crippen molar-refractivity contribution >= 4 is 29.2 Å². The number of nitrogens with zero attached hydrogens (tertiary/aromatic N) is 3. The van der Waals surface area contributed by atoms with Crippen LogP contribution in [-0.4, -0.2) is 45.4 Å². The molecule has 2 amide bonds. The van der Waals surface area contributed by atoms with Gasteiger partial charge in [-0.05, 0) is 54.8 Å². The van der Waals surface area contributed by atoms with Crippen LogP contribution in [0.4, 0.5) is 5.69 Å². The lowest BCUT2D eigenvalue weighted by Crippen LogP contribution is -2.28. The third-order valence-corrected chi connectivity index (χ3v) is 6.32. The summed E-state index contributed by atoms with van der Waals surface area (Å²) < 4.78 is 6.94. The number of aryl methyl sites for hydroxylation is 1. The van der Waals surface area contributed by atoms with E-state index in [1.54, 1.807) is 24.2 Å². The minimum atomic E-state index is -0.184. The molecule has 2 aromatic heterocycles. The van der Waals surface area contributed by atoms with E-state index in [9.17, 15) is 9.59 Å². The largest absolute Gasteiger partial charge is 0.497 e. The first-order valence-electron chi connectivity index (χ1n) is 11.6. The SMILES string of the molecule is COc1ccc(-c2cccc3c2/C(=C/c2[nH]c(C)c(C(=O)NCCn4ccnn4)c2C)C(=O)N3)cc1. The summed E-state index contributed by atoms with van der Waals surface area (Å²) in [6, 6.07) is 13.6. The van der Waals surface area contributed by atoms with Gasteiger partial charge in [0.25, 0.3) is 11.8 Å². The number of carbonyl (C=O) groups excluding carboxylic acids is 2. The highest BCUT2D eigenvalue weighted by Gasteiger charge is 2.28. The fourth-order valence-corrected chi connectivity index (χ4v) is 4.53. The second-order valence-electron chi connectivity index (χ2n) is 8.55. The smallest absolute Gasteiger partial charge is 0.256 e. The van der Waals surface area contributed by atoms with Crippen molar-refractivity contribution in [3.05, 3.63) is 82.9 Å². The van der Waals surface area contributed by atoms with Crippen molar-refractivity contribution in [1.82, 2.24) is 25.3 Å². The molecule has 4 aromatic rings. The van der Waals surface area contributed by atoms with Crippen LogP contribution in [0.5, 0.6) is 5.75 Å². The highest BCUT2D eigenvalue weighted by Crippen LogP contribution is 2.41. The number of ether oxygens (including phenoxy) is 1. The van der Waals surface area contributed by atoms with Crippen LogP contribution in [0.25, 0.3) is 22.8 Å². The second-order valence-corrected chi connectivity index (χ2v) is 8.55. The number of rotatable bonds is 7. The Labute approximate surface area is 208 Å². The van der Waals surface area contributed by atoms with Crippen LogP contribution in [0.1, 0.15) is 32.9 Å². The number of hydrogen-bond acceptors (Lipinski definition) is 5. The predicted octanol–water partition coefficient (Wildman–Crippen LogP) is 3.82. The molecule has 0 saturated carbocycles. The molecule has 0 spiro atoms. The van der Waals surface area contributed by atoms with Crippen LogP contribution in [0, 0.1) is 13.8 Å². The van der Waals surface area contributed by atoms with Gasteiger partial charge in [0.2, 0.25) is 0 Å². The third kappa shape index (κ3) is 4.26. The molecule has 3 heterocycles. The van der Waals surface area contributed by atoms with Crippen LogP contribution in [-0.2, 0) is 11.3 Å². The summed E-state index contributed by atoms with van der Waals surface area (Å²) in [6.07, 6.45) is 5.16. The van der Waals surface area contributed by atoms with Crippen molar-refractivity contribution < 1.29 is 14.3 Å². The lowest BCUT2D eigenvalue weighted by atomic mass is 9.94. The molecule has 1 aliphatic rings. The Morgan fingerprint density at radius 1 is 1.17 bits per heavy atom. The molecule has 5 rings (SSSR count). The van der Waals surface area contributed by atoms with Crippen LogP contribution in [0.15, 0.2) is 54.9 Å². The lowest BCUT2D eigenvalue weighted by molar-refractivity contribution is -0.110. The molecule has 3 N–H and O–H groups in total. The lowest BCUT2D eigenvalue weighted by Gasteiger charge is -2.09. The summed E-state index contributed by atoms with van der Waals surface area (Å²) in [5.41, 5.74) is 6.84. The van der Waals surface area contributed by atoms with Crippen molar-refractivity contribution in [2.24, 2.45) is 0 Å². The number of H-pyrrole nitrogens is 1. The Kier molecular flexibility index (Phi) is 6.12. The van der Waals surface area contributed by atoms with Crippen molar-refractivity contribution in [3.63, 3.8) is 0 Å².